The summed E-state index contributed by atoms with van der Waals surface area (Å²) in [5.41, 5.74) is 0.297. The van der Waals surface area contributed by atoms with Crippen LogP contribution in [0.25, 0.3) is 0 Å². The van der Waals surface area contributed by atoms with Gasteiger partial charge in [0, 0.05) is 5.69 Å². The first-order valence-corrected chi connectivity index (χ1v) is 5.57. The van der Waals surface area contributed by atoms with Crippen LogP contribution < -0.4 is 10.1 Å². The Labute approximate surface area is 108 Å². The first kappa shape index (κ1) is 13.0. The Morgan fingerprint density at radius 2 is 1.53 bits per heavy atom. The highest BCUT2D eigenvalue weighted by atomic mass is 19.3. The summed E-state index contributed by atoms with van der Waals surface area (Å²) in [4.78, 5) is 10.8. The number of carbonyl (C=O) groups excluding carboxylic acids is 1. The van der Waals surface area contributed by atoms with Crippen LogP contribution in [-0.2, 0) is 4.79 Å². The molecule has 2 aromatic carbocycles. The number of rotatable bonds is 4. The number of halogens is 2. The Bertz CT molecular complexity index is 541. The van der Waals surface area contributed by atoms with E-state index in [1.165, 1.54) is 12.1 Å². The maximum absolute atomic E-state index is 12.0. The van der Waals surface area contributed by atoms with Gasteiger partial charge in [-0.3, -0.25) is 4.79 Å². The molecule has 0 heterocycles. The lowest BCUT2D eigenvalue weighted by Gasteiger charge is -2.07. The molecule has 0 aliphatic rings. The molecule has 1 amide bonds. The smallest absolute Gasteiger partial charge is 0.315 e. The maximum Gasteiger partial charge on any atom is 0.315 e. The van der Waals surface area contributed by atoms with Crippen molar-refractivity contribution in [2.24, 2.45) is 0 Å². The molecule has 2 aromatic rings. The number of amides is 1. The number of anilines is 1. The van der Waals surface area contributed by atoms with E-state index in [9.17, 15) is 13.6 Å². The van der Waals surface area contributed by atoms with Gasteiger partial charge >= 0.3 is 6.43 Å². The molecule has 0 atom stereocenters. The van der Waals surface area contributed by atoms with Crippen molar-refractivity contribution in [3.63, 3.8) is 0 Å². The molecule has 0 aliphatic carbocycles. The number of nitrogens with one attached hydrogen (secondary N) is 1. The van der Waals surface area contributed by atoms with Gasteiger partial charge in [0.2, 0.25) is 0 Å². The average Bonchev–Trinajstić information content (AvgIpc) is 2.42. The van der Waals surface area contributed by atoms with E-state index in [1.807, 2.05) is 18.2 Å². The highest BCUT2D eigenvalue weighted by molar-refractivity contribution is 5.93. The second-order valence-corrected chi connectivity index (χ2v) is 3.73. The lowest BCUT2D eigenvalue weighted by Crippen LogP contribution is -2.19. The van der Waals surface area contributed by atoms with E-state index in [4.69, 9.17) is 4.74 Å². The van der Waals surface area contributed by atoms with Crippen LogP contribution in [0.5, 0.6) is 11.5 Å². The van der Waals surface area contributed by atoms with E-state index >= 15 is 0 Å². The van der Waals surface area contributed by atoms with Gasteiger partial charge in [0.15, 0.2) is 0 Å². The van der Waals surface area contributed by atoms with E-state index in [0.29, 0.717) is 17.2 Å². The summed E-state index contributed by atoms with van der Waals surface area (Å²) in [5, 5.41) is 2.09. The molecule has 0 saturated carbocycles. The molecule has 0 bridgehead atoms. The van der Waals surface area contributed by atoms with Crippen molar-refractivity contribution < 1.29 is 18.3 Å². The minimum Gasteiger partial charge on any atom is -0.457 e. The normalized spacial score (nSPS) is 10.3. The highest BCUT2D eigenvalue weighted by Crippen LogP contribution is 2.22. The van der Waals surface area contributed by atoms with Crippen molar-refractivity contribution in [1.82, 2.24) is 0 Å². The van der Waals surface area contributed by atoms with Crippen LogP contribution >= 0.6 is 0 Å². The van der Waals surface area contributed by atoms with Crippen LogP contribution in [0, 0.1) is 0 Å². The topological polar surface area (TPSA) is 38.3 Å². The number of para-hydroxylation sites is 1. The fourth-order valence-electron chi connectivity index (χ4n) is 1.43. The van der Waals surface area contributed by atoms with Gasteiger partial charge in [0.25, 0.3) is 5.91 Å². The number of carbonyl (C=O) groups is 1. The van der Waals surface area contributed by atoms with Gasteiger partial charge in [-0.15, -0.1) is 0 Å². The van der Waals surface area contributed by atoms with Gasteiger partial charge in [-0.2, -0.15) is 8.78 Å². The van der Waals surface area contributed by atoms with Crippen molar-refractivity contribution >= 4 is 11.6 Å². The second kappa shape index (κ2) is 5.95. The predicted octanol–water partition coefficient (Wildman–Crippen LogP) is 3.68. The van der Waals surface area contributed by atoms with Crippen molar-refractivity contribution in [2.45, 2.75) is 6.43 Å². The van der Waals surface area contributed by atoms with Crippen LogP contribution in [0.15, 0.2) is 54.6 Å². The van der Waals surface area contributed by atoms with Crippen molar-refractivity contribution in [3.05, 3.63) is 54.6 Å². The zero-order valence-corrected chi connectivity index (χ0v) is 9.85. The summed E-state index contributed by atoms with van der Waals surface area (Å²) in [6, 6.07) is 15.3. The quantitative estimate of drug-likeness (QED) is 0.913. The molecule has 0 aliphatic heterocycles. The Hall–Kier alpha value is -2.43. The molecule has 0 aromatic heterocycles. The summed E-state index contributed by atoms with van der Waals surface area (Å²) in [6.07, 6.45) is -3.03. The molecule has 0 unspecified atom stereocenters. The van der Waals surface area contributed by atoms with Crippen LogP contribution in [-0.4, -0.2) is 12.3 Å². The van der Waals surface area contributed by atoms with Crippen LogP contribution in [0.4, 0.5) is 14.5 Å². The average molecular weight is 263 g/mol. The van der Waals surface area contributed by atoms with E-state index in [0.717, 1.165) is 0 Å². The Balaban J connectivity index is 2.01. The molecule has 0 saturated heterocycles. The lowest BCUT2D eigenvalue weighted by atomic mass is 10.3. The minimum atomic E-state index is -3.03. The third-order valence-electron chi connectivity index (χ3n) is 2.30. The molecule has 19 heavy (non-hydrogen) atoms. The lowest BCUT2D eigenvalue weighted by molar-refractivity contribution is -0.126. The molecular formula is C14H11F2NO2. The molecule has 1 N–H and O–H groups in total. The number of benzene rings is 2. The summed E-state index contributed by atoms with van der Waals surface area (Å²) < 4.78 is 29.6. The third kappa shape index (κ3) is 3.77. The zero-order valence-electron chi connectivity index (χ0n) is 9.85. The Kier molecular flexibility index (Phi) is 4.07. The van der Waals surface area contributed by atoms with Gasteiger partial charge in [0.1, 0.15) is 11.5 Å². The largest absolute Gasteiger partial charge is 0.457 e. The van der Waals surface area contributed by atoms with Gasteiger partial charge < -0.3 is 10.1 Å². The first-order valence-electron chi connectivity index (χ1n) is 5.57. The summed E-state index contributed by atoms with van der Waals surface area (Å²) in [6.45, 7) is 0. The molecule has 5 heteroatoms. The molecule has 3 nitrogen and oxygen atoms in total. The van der Waals surface area contributed by atoms with E-state index in [-0.39, 0.29) is 0 Å². The molecule has 0 fully saturated rings. The van der Waals surface area contributed by atoms with Gasteiger partial charge in [-0.1, -0.05) is 18.2 Å². The number of alkyl halides is 2. The van der Waals surface area contributed by atoms with Gasteiger partial charge in [-0.05, 0) is 36.4 Å². The fourth-order valence-corrected chi connectivity index (χ4v) is 1.43. The van der Waals surface area contributed by atoms with Crippen molar-refractivity contribution in [3.8, 4) is 11.5 Å². The van der Waals surface area contributed by atoms with E-state index < -0.39 is 12.3 Å². The second-order valence-electron chi connectivity index (χ2n) is 3.73. The van der Waals surface area contributed by atoms with Crippen LogP contribution in [0.3, 0.4) is 0 Å². The van der Waals surface area contributed by atoms with E-state index in [1.54, 1.807) is 24.3 Å². The number of hydrogen-bond donors (Lipinski definition) is 1. The number of ether oxygens (including phenoxy) is 1. The van der Waals surface area contributed by atoms with Gasteiger partial charge in [-0.25, -0.2) is 0 Å². The van der Waals surface area contributed by atoms with Gasteiger partial charge in [0.05, 0.1) is 0 Å². The minimum absolute atomic E-state index is 0.297. The van der Waals surface area contributed by atoms with Crippen molar-refractivity contribution in [1.29, 1.82) is 0 Å². The fraction of sp³-hybridized carbons (Fsp3) is 0.0714. The SMILES string of the molecule is O=C(Nc1ccc(Oc2ccccc2)cc1)C(F)F. The molecule has 0 radical (unpaired) electrons. The summed E-state index contributed by atoms with van der Waals surface area (Å²) >= 11 is 0. The Morgan fingerprint density at radius 1 is 0.947 bits per heavy atom. The number of hydrogen-bond acceptors (Lipinski definition) is 2. The van der Waals surface area contributed by atoms with Crippen LogP contribution in [0.2, 0.25) is 0 Å². The maximum atomic E-state index is 12.0. The molecule has 2 rings (SSSR count). The van der Waals surface area contributed by atoms with Crippen molar-refractivity contribution in [2.75, 3.05) is 5.32 Å². The predicted molar refractivity (Wildman–Crippen MR) is 67.6 cm³/mol. The first-order chi connectivity index (χ1) is 9.15. The third-order valence-corrected chi connectivity index (χ3v) is 2.30. The monoisotopic (exact) mass is 263 g/mol. The zero-order chi connectivity index (χ0) is 13.7. The molecular weight excluding hydrogens is 252 g/mol. The van der Waals surface area contributed by atoms with E-state index in [2.05, 4.69) is 5.32 Å². The summed E-state index contributed by atoms with van der Waals surface area (Å²) in [5.74, 6) is -0.0927. The highest BCUT2D eigenvalue weighted by Gasteiger charge is 2.14. The molecule has 98 valence electrons. The molecule has 0 spiro atoms. The Morgan fingerprint density at radius 3 is 2.11 bits per heavy atom. The standard InChI is InChI=1S/C14H11F2NO2/c15-13(16)14(18)17-10-6-8-12(9-7-10)19-11-4-2-1-3-5-11/h1-9,13H,(H,17,18). The summed E-state index contributed by atoms with van der Waals surface area (Å²) in [7, 11) is 0. The van der Waals surface area contributed by atoms with Crippen LogP contribution in [0.1, 0.15) is 0 Å².